The second-order valence-electron chi connectivity index (χ2n) is 3.18. The second kappa shape index (κ2) is 4.44. The fourth-order valence-electron chi connectivity index (χ4n) is 0.974. The number of sulfone groups is 1. The molecule has 0 spiro atoms. The van der Waals surface area contributed by atoms with E-state index in [2.05, 4.69) is 4.74 Å². The van der Waals surface area contributed by atoms with Crippen molar-refractivity contribution in [3.05, 3.63) is 29.8 Å². The topological polar surface area (TPSA) is 60.4 Å². The Bertz CT molecular complexity index is 445. The minimum atomic E-state index is -3.52. The maximum Gasteiger partial charge on any atom is 0.303 e. The Hall–Kier alpha value is -1.36. The van der Waals surface area contributed by atoms with E-state index >= 15 is 0 Å². The molecule has 0 unspecified atom stereocenters. The van der Waals surface area contributed by atoms with E-state index in [1.54, 1.807) is 12.1 Å². The minimum Gasteiger partial charge on any atom is -0.449 e. The van der Waals surface area contributed by atoms with Crippen LogP contribution in [-0.4, -0.2) is 20.3 Å². The number of benzene rings is 1. The van der Waals surface area contributed by atoms with Crippen LogP contribution in [0.15, 0.2) is 29.2 Å². The Kier molecular flexibility index (Phi) is 3.47. The zero-order chi connectivity index (χ0) is 11.5. The Morgan fingerprint density at radius 1 is 1.27 bits per heavy atom. The number of carbonyl (C=O) groups is 1. The van der Waals surface area contributed by atoms with Crippen molar-refractivity contribution in [2.45, 2.75) is 18.7 Å². The second-order valence-corrected chi connectivity index (χ2v) is 5.12. The standard InChI is InChI=1S/C10H12O4S/c1-8-3-5-10(6-4-8)15(12,13)7-14-9(2)11/h3-6H,7H2,1-2H3. The molecule has 82 valence electrons. The van der Waals surface area contributed by atoms with E-state index in [1.807, 2.05) is 6.92 Å². The zero-order valence-corrected chi connectivity index (χ0v) is 9.37. The third kappa shape index (κ3) is 3.36. The van der Waals surface area contributed by atoms with Crippen LogP contribution in [0, 0.1) is 6.92 Å². The van der Waals surface area contributed by atoms with Crippen LogP contribution in [0.1, 0.15) is 12.5 Å². The quantitative estimate of drug-likeness (QED) is 0.731. The van der Waals surface area contributed by atoms with Crippen LogP contribution in [0.5, 0.6) is 0 Å². The molecule has 0 aliphatic rings. The largest absolute Gasteiger partial charge is 0.449 e. The fourth-order valence-corrected chi connectivity index (χ4v) is 1.98. The van der Waals surface area contributed by atoms with Crippen molar-refractivity contribution < 1.29 is 17.9 Å². The van der Waals surface area contributed by atoms with Crippen molar-refractivity contribution in [1.29, 1.82) is 0 Å². The molecule has 0 aliphatic carbocycles. The number of hydrogen-bond donors (Lipinski definition) is 0. The number of hydrogen-bond acceptors (Lipinski definition) is 4. The molecule has 0 N–H and O–H groups in total. The van der Waals surface area contributed by atoms with Gasteiger partial charge in [-0.3, -0.25) is 4.79 Å². The molecule has 1 rings (SSSR count). The van der Waals surface area contributed by atoms with Gasteiger partial charge in [0.1, 0.15) is 0 Å². The summed E-state index contributed by atoms with van der Waals surface area (Å²) in [6.07, 6.45) is 0. The van der Waals surface area contributed by atoms with Crippen LogP contribution < -0.4 is 0 Å². The molecule has 15 heavy (non-hydrogen) atoms. The van der Waals surface area contributed by atoms with Crippen LogP contribution >= 0.6 is 0 Å². The average molecular weight is 228 g/mol. The van der Waals surface area contributed by atoms with E-state index in [9.17, 15) is 13.2 Å². The normalized spacial score (nSPS) is 11.1. The molecule has 0 saturated heterocycles. The Morgan fingerprint density at radius 3 is 2.27 bits per heavy atom. The van der Waals surface area contributed by atoms with Crippen LogP contribution in [0.25, 0.3) is 0 Å². The van der Waals surface area contributed by atoms with Gasteiger partial charge in [0.05, 0.1) is 4.90 Å². The highest BCUT2D eigenvalue weighted by Gasteiger charge is 2.15. The highest BCUT2D eigenvalue weighted by Crippen LogP contribution is 2.12. The van der Waals surface area contributed by atoms with Crippen molar-refractivity contribution in [3.63, 3.8) is 0 Å². The van der Waals surface area contributed by atoms with Gasteiger partial charge in [0, 0.05) is 6.92 Å². The minimum absolute atomic E-state index is 0.161. The molecule has 0 saturated carbocycles. The Balaban J connectivity index is 2.87. The summed E-state index contributed by atoms with van der Waals surface area (Å²) in [6.45, 7) is 3.03. The third-order valence-corrected chi connectivity index (χ3v) is 3.22. The molecule has 0 radical (unpaired) electrons. The van der Waals surface area contributed by atoms with Crippen molar-refractivity contribution in [3.8, 4) is 0 Å². The van der Waals surface area contributed by atoms with E-state index in [0.29, 0.717) is 0 Å². The molecule has 0 bridgehead atoms. The van der Waals surface area contributed by atoms with Gasteiger partial charge in [-0.05, 0) is 19.1 Å². The molecule has 5 heteroatoms. The summed E-state index contributed by atoms with van der Waals surface area (Å²) < 4.78 is 27.6. The monoisotopic (exact) mass is 228 g/mol. The van der Waals surface area contributed by atoms with Crippen molar-refractivity contribution in [1.82, 2.24) is 0 Å². The maximum absolute atomic E-state index is 11.6. The van der Waals surface area contributed by atoms with E-state index in [4.69, 9.17) is 0 Å². The summed E-state index contributed by atoms with van der Waals surface area (Å²) in [5.41, 5.74) is 0.974. The molecular formula is C10H12O4S. The Morgan fingerprint density at radius 2 is 1.80 bits per heavy atom. The van der Waals surface area contributed by atoms with Gasteiger partial charge < -0.3 is 4.74 Å². The lowest BCUT2D eigenvalue weighted by molar-refractivity contribution is -0.138. The number of esters is 1. The van der Waals surface area contributed by atoms with Crippen molar-refractivity contribution in [2.24, 2.45) is 0 Å². The van der Waals surface area contributed by atoms with Crippen molar-refractivity contribution >= 4 is 15.8 Å². The van der Waals surface area contributed by atoms with Gasteiger partial charge in [0.25, 0.3) is 0 Å². The van der Waals surface area contributed by atoms with Crippen LogP contribution in [0.3, 0.4) is 0 Å². The lowest BCUT2D eigenvalue weighted by Crippen LogP contribution is -2.12. The summed E-state index contributed by atoms with van der Waals surface area (Å²) in [6, 6.07) is 6.38. The number of rotatable bonds is 3. The highest BCUT2D eigenvalue weighted by molar-refractivity contribution is 7.91. The molecule has 0 amide bonds. The average Bonchev–Trinajstić information content (AvgIpc) is 2.16. The zero-order valence-electron chi connectivity index (χ0n) is 8.56. The SMILES string of the molecule is CC(=O)OCS(=O)(=O)c1ccc(C)cc1. The van der Waals surface area contributed by atoms with Gasteiger partial charge in [0.15, 0.2) is 5.94 Å². The first kappa shape index (κ1) is 11.7. The molecule has 0 heterocycles. The molecule has 0 fully saturated rings. The predicted molar refractivity (Wildman–Crippen MR) is 55.0 cm³/mol. The summed E-state index contributed by atoms with van der Waals surface area (Å²) in [7, 11) is -3.52. The summed E-state index contributed by atoms with van der Waals surface area (Å²) in [5, 5.41) is 0. The van der Waals surface area contributed by atoms with Gasteiger partial charge in [-0.15, -0.1) is 0 Å². The van der Waals surface area contributed by atoms with Crippen LogP contribution in [0.4, 0.5) is 0 Å². The van der Waals surface area contributed by atoms with E-state index in [0.717, 1.165) is 5.56 Å². The number of ether oxygens (including phenoxy) is 1. The first-order chi connectivity index (χ1) is 6.92. The predicted octanol–water partition coefficient (Wildman–Crippen LogP) is 1.29. The van der Waals surface area contributed by atoms with Crippen molar-refractivity contribution in [2.75, 3.05) is 5.94 Å². The fraction of sp³-hybridized carbons (Fsp3) is 0.300. The molecule has 0 aromatic heterocycles. The Labute approximate surface area is 88.8 Å². The molecular weight excluding hydrogens is 216 g/mol. The number of carbonyl (C=O) groups excluding carboxylic acids is 1. The molecule has 0 aliphatic heterocycles. The van der Waals surface area contributed by atoms with Gasteiger partial charge in [-0.2, -0.15) is 0 Å². The maximum atomic E-state index is 11.6. The van der Waals surface area contributed by atoms with E-state index in [-0.39, 0.29) is 4.90 Å². The van der Waals surface area contributed by atoms with E-state index in [1.165, 1.54) is 19.1 Å². The first-order valence-electron chi connectivity index (χ1n) is 4.34. The highest BCUT2D eigenvalue weighted by atomic mass is 32.2. The molecule has 0 atom stereocenters. The van der Waals surface area contributed by atoms with Gasteiger partial charge in [-0.25, -0.2) is 8.42 Å². The first-order valence-corrected chi connectivity index (χ1v) is 6.00. The van der Waals surface area contributed by atoms with Crippen LogP contribution in [-0.2, 0) is 19.4 Å². The number of aryl methyl sites for hydroxylation is 1. The van der Waals surface area contributed by atoms with Gasteiger partial charge in [0.2, 0.25) is 9.84 Å². The van der Waals surface area contributed by atoms with Crippen LogP contribution in [0.2, 0.25) is 0 Å². The van der Waals surface area contributed by atoms with Gasteiger partial charge in [-0.1, -0.05) is 17.7 Å². The van der Waals surface area contributed by atoms with Gasteiger partial charge >= 0.3 is 5.97 Å². The lowest BCUT2D eigenvalue weighted by atomic mass is 10.2. The smallest absolute Gasteiger partial charge is 0.303 e. The molecule has 4 nitrogen and oxygen atoms in total. The molecule has 1 aromatic rings. The third-order valence-electron chi connectivity index (χ3n) is 1.80. The van der Waals surface area contributed by atoms with E-state index < -0.39 is 21.7 Å². The summed E-state index contributed by atoms with van der Waals surface area (Å²) in [5.74, 6) is -1.21. The summed E-state index contributed by atoms with van der Waals surface area (Å²) in [4.78, 5) is 10.7. The summed E-state index contributed by atoms with van der Waals surface area (Å²) >= 11 is 0. The molecule has 1 aromatic carbocycles. The lowest BCUT2D eigenvalue weighted by Gasteiger charge is -2.04.